The van der Waals surface area contributed by atoms with Gasteiger partial charge in [-0.05, 0) is 34.7 Å². The Balaban J connectivity index is 1.67. The molecular formula is C17H14F2N6O3. The van der Waals surface area contributed by atoms with E-state index in [0.29, 0.717) is 0 Å². The second-order valence-corrected chi connectivity index (χ2v) is 5.50. The van der Waals surface area contributed by atoms with E-state index in [1.165, 1.54) is 19.1 Å². The third-order valence-corrected chi connectivity index (χ3v) is 3.48. The van der Waals surface area contributed by atoms with Crippen LogP contribution in [0.3, 0.4) is 0 Å². The van der Waals surface area contributed by atoms with Crippen LogP contribution in [-0.2, 0) is 11.3 Å². The molecule has 0 bridgehead atoms. The first-order chi connectivity index (χ1) is 13.4. The molecule has 144 valence electrons. The number of anilines is 1. The number of carbonyl (C=O) groups excluding carboxylic acids is 2. The van der Waals surface area contributed by atoms with Gasteiger partial charge in [0.05, 0.1) is 17.9 Å². The summed E-state index contributed by atoms with van der Waals surface area (Å²) < 4.78 is 32.7. The molecule has 0 atom stereocenters. The summed E-state index contributed by atoms with van der Waals surface area (Å²) >= 11 is 0. The summed E-state index contributed by atoms with van der Waals surface area (Å²) in [5, 5.41) is 16.0. The SMILES string of the molecule is CC(=O)Oc1ccccc1NC(=O)NCc1nnnn1-c1ccc(F)c(F)c1. The van der Waals surface area contributed by atoms with Crippen molar-refractivity contribution in [1.29, 1.82) is 0 Å². The smallest absolute Gasteiger partial charge is 0.319 e. The zero-order valence-corrected chi connectivity index (χ0v) is 14.5. The zero-order chi connectivity index (χ0) is 20.1. The fraction of sp³-hybridized carbons (Fsp3) is 0.118. The van der Waals surface area contributed by atoms with Gasteiger partial charge in [-0.3, -0.25) is 4.79 Å². The Morgan fingerprint density at radius 3 is 2.68 bits per heavy atom. The number of ether oxygens (including phenoxy) is 1. The molecule has 0 saturated carbocycles. The highest BCUT2D eigenvalue weighted by molar-refractivity contribution is 5.91. The first kappa shape index (κ1) is 18.9. The average Bonchev–Trinajstić information content (AvgIpc) is 3.12. The number of benzene rings is 2. The van der Waals surface area contributed by atoms with Crippen LogP contribution >= 0.6 is 0 Å². The van der Waals surface area contributed by atoms with Gasteiger partial charge in [-0.15, -0.1) is 5.10 Å². The molecule has 0 aliphatic carbocycles. The quantitative estimate of drug-likeness (QED) is 0.512. The molecule has 2 aromatic carbocycles. The van der Waals surface area contributed by atoms with Gasteiger partial charge in [0.15, 0.2) is 23.2 Å². The lowest BCUT2D eigenvalue weighted by Gasteiger charge is -2.11. The van der Waals surface area contributed by atoms with Crippen molar-refractivity contribution in [3.8, 4) is 11.4 Å². The van der Waals surface area contributed by atoms with Crippen molar-refractivity contribution in [2.24, 2.45) is 0 Å². The van der Waals surface area contributed by atoms with Crippen LogP contribution in [0.4, 0.5) is 19.3 Å². The molecule has 0 radical (unpaired) electrons. The molecule has 0 unspecified atom stereocenters. The average molecular weight is 388 g/mol. The number of aromatic nitrogens is 4. The summed E-state index contributed by atoms with van der Waals surface area (Å²) in [6.07, 6.45) is 0. The Labute approximate surface area is 157 Å². The number of hydrogen-bond donors (Lipinski definition) is 2. The minimum Gasteiger partial charge on any atom is -0.424 e. The van der Waals surface area contributed by atoms with Gasteiger partial charge in [-0.2, -0.15) is 4.68 Å². The lowest BCUT2D eigenvalue weighted by molar-refractivity contribution is -0.131. The zero-order valence-electron chi connectivity index (χ0n) is 14.5. The monoisotopic (exact) mass is 388 g/mol. The third-order valence-electron chi connectivity index (χ3n) is 3.48. The molecule has 1 aromatic heterocycles. The largest absolute Gasteiger partial charge is 0.424 e. The van der Waals surface area contributed by atoms with Crippen LogP contribution in [0.15, 0.2) is 42.5 Å². The van der Waals surface area contributed by atoms with Gasteiger partial charge in [0.2, 0.25) is 0 Å². The number of nitrogens with one attached hydrogen (secondary N) is 2. The van der Waals surface area contributed by atoms with Crippen molar-refractivity contribution in [3.05, 3.63) is 59.9 Å². The van der Waals surface area contributed by atoms with Crippen molar-refractivity contribution < 1.29 is 23.1 Å². The Kier molecular flexibility index (Phi) is 5.53. The Bertz CT molecular complexity index is 1020. The van der Waals surface area contributed by atoms with Gasteiger partial charge in [0, 0.05) is 13.0 Å². The number of hydrogen-bond acceptors (Lipinski definition) is 6. The molecule has 9 nitrogen and oxygen atoms in total. The lowest BCUT2D eigenvalue weighted by Crippen LogP contribution is -2.29. The van der Waals surface area contributed by atoms with Gasteiger partial charge in [0.25, 0.3) is 0 Å². The summed E-state index contributed by atoms with van der Waals surface area (Å²) in [7, 11) is 0. The van der Waals surface area contributed by atoms with E-state index in [9.17, 15) is 18.4 Å². The molecule has 1 heterocycles. The van der Waals surface area contributed by atoms with Crippen LogP contribution in [0.1, 0.15) is 12.7 Å². The van der Waals surface area contributed by atoms with E-state index in [-0.39, 0.29) is 29.5 Å². The number of esters is 1. The summed E-state index contributed by atoms with van der Waals surface area (Å²) in [6, 6.07) is 8.97. The van der Waals surface area contributed by atoms with Gasteiger partial charge in [-0.25, -0.2) is 13.6 Å². The predicted octanol–water partition coefficient (Wildman–Crippen LogP) is 2.19. The van der Waals surface area contributed by atoms with Gasteiger partial charge in [0.1, 0.15) is 0 Å². The molecule has 3 rings (SSSR count). The summed E-state index contributed by atoms with van der Waals surface area (Å²) in [4.78, 5) is 23.3. The van der Waals surface area contributed by atoms with E-state index in [1.54, 1.807) is 18.2 Å². The molecule has 11 heteroatoms. The van der Waals surface area contributed by atoms with E-state index in [1.807, 2.05) is 0 Å². The molecule has 0 aliphatic rings. The van der Waals surface area contributed by atoms with Crippen LogP contribution < -0.4 is 15.4 Å². The second-order valence-electron chi connectivity index (χ2n) is 5.50. The summed E-state index contributed by atoms with van der Waals surface area (Å²) in [5.74, 6) is -2.19. The molecule has 2 N–H and O–H groups in total. The maximum atomic E-state index is 13.4. The van der Waals surface area contributed by atoms with E-state index in [4.69, 9.17) is 4.74 Å². The Morgan fingerprint density at radius 1 is 1.14 bits per heavy atom. The maximum Gasteiger partial charge on any atom is 0.319 e. The Morgan fingerprint density at radius 2 is 1.93 bits per heavy atom. The second kappa shape index (κ2) is 8.20. The fourth-order valence-corrected chi connectivity index (χ4v) is 2.27. The molecular weight excluding hydrogens is 374 g/mol. The van der Waals surface area contributed by atoms with Crippen LogP contribution in [0, 0.1) is 11.6 Å². The number of carbonyl (C=O) groups is 2. The predicted molar refractivity (Wildman–Crippen MR) is 92.7 cm³/mol. The number of nitrogens with zero attached hydrogens (tertiary/aromatic N) is 4. The topological polar surface area (TPSA) is 111 Å². The highest BCUT2D eigenvalue weighted by Crippen LogP contribution is 2.23. The molecule has 3 aromatic rings. The number of urea groups is 1. The van der Waals surface area contributed by atoms with E-state index in [0.717, 1.165) is 16.8 Å². The first-order valence-electron chi connectivity index (χ1n) is 7.99. The van der Waals surface area contributed by atoms with Crippen molar-refractivity contribution in [1.82, 2.24) is 25.5 Å². The molecule has 0 saturated heterocycles. The van der Waals surface area contributed by atoms with E-state index in [2.05, 4.69) is 26.2 Å². The van der Waals surface area contributed by atoms with Crippen LogP contribution in [-0.4, -0.2) is 32.2 Å². The van der Waals surface area contributed by atoms with E-state index >= 15 is 0 Å². The third kappa shape index (κ3) is 4.44. The molecule has 0 aliphatic heterocycles. The summed E-state index contributed by atoms with van der Waals surface area (Å²) in [5.41, 5.74) is 0.483. The Hall–Kier alpha value is -3.89. The lowest BCUT2D eigenvalue weighted by atomic mass is 10.3. The molecule has 0 fully saturated rings. The van der Waals surface area contributed by atoms with Crippen molar-refractivity contribution in [2.75, 3.05) is 5.32 Å². The highest BCUT2D eigenvalue weighted by atomic mass is 19.2. The van der Waals surface area contributed by atoms with Gasteiger partial charge >= 0.3 is 12.0 Å². The molecule has 0 spiro atoms. The summed E-state index contributed by atoms with van der Waals surface area (Å²) in [6.45, 7) is 1.14. The number of halogens is 2. The first-order valence-corrected chi connectivity index (χ1v) is 7.99. The number of tetrazole rings is 1. The minimum absolute atomic E-state index is 0.104. The van der Waals surface area contributed by atoms with Crippen molar-refractivity contribution >= 4 is 17.7 Å². The van der Waals surface area contributed by atoms with Crippen LogP contribution in [0.2, 0.25) is 0 Å². The minimum atomic E-state index is -1.05. The van der Waals surface area contributed by atoms with Crippen LogP contribution in [0.25, 0.3) is 5.69 Å². The van der Waals surface area contributed by atoms with Gasteiger partial charge in [-0.1, -0.05) is 12.1 Å². The highest BCUT2D eigenvalue weighted by Gasteiger charge is 2.13. The normalized spacial score (nSPS) is 10.4. The number of rotatable bonds is 5. The van der Waals surface area contributed by atoms with Crippen molar-refractivity contribution in [3.63, 3.8) is 0 Å². The standard InChI is InChI=1S/C17H14F2N6O3/c1-10(26)28-15-5-3-2-4-14(15)21-17(27)20-9-16-22-23-24-25(16)11-6-7-12(18)13(19)8-11/h2-8H,9H2,1H3,(H2,20,21,27). The van der Waals surface area contributed by atoms with Gasteiger partial charge < -0.3 is 15.4 Å². The van der Waals surface area contributed by atoms with Crippen molar-refractivity contribution in [2.45, 2.75) is 13.5 Å². The van der Waals surface area contributed by atoms with E-state index < -0.39 is 23.6 Å². The number of amides is 2. The number of para-hydroxylation sites is 2. The fourth-order valence-electron chi connectivity index (χ4n) is 2.27. The maximum absolute atomic E-state index is 13.4. The molecule has 2 amide bonds. The van der Waals surface area contributed by atoms with Crippen LogP contribution in [0.5, 0.6) is 5.75 Å². The molecule has 28 heavy (non-hydrogen) atoms.